The number of rotatable bonds is 3. The van der Waals surface area contributed by atoms with Crippen LogP contribution in [0.3, 0.4) is 0 Å². The van der Waals surface area contributed by atoms with Crippen molar-refractivity contribution in [2.75, 3.05) is 0 Å². The SMILES string of the molecule is Cn1cnc(Oc2ccc(/C(N)=N/O)c3ccccc23)n1. The number of nitrogens with two attached hydrogens (primary N) is 1. The molecule has 3 aromatic rings. The van der Waals surface area contributed by atoms with Crippen molar-refractivity contribution in [1.82, 2.24) is 14.8 Å². The molecule has 0 spiro atoms. The first-order valence-corrected chi connectivity index (χ1v) is 6.22. The molecule has 1 aromatic heterocycles. The quantitative estimate of drug-likeness (QED) is 0.331. The van der Waals surface area contributed by atoms with Gasteiger partial charge in [-0.05, 0) is 17.5 Å². The Balaban J connectivity index is 2.13. The highest BCUT2D eigenvalue weighted by Gasteiger charge is 2.11. The van der Waals surface area contributed by atoms with Crippen LogP contribution < -0.4 is 10.5 Å². The summed E-state index contributed by atoms with van der Waals surface area (Å²) < 4.78 is 7.25. The first-order chi connectivity index (χ1) is 10.2. The number of benzene rings is 2. The maximum absolute atomic E-state index is 8.86. The van der Waals surface area contributed by atoms with Crippen LogP contribution >= 0.6 is 0 Å². The zero-order chi connectivity index (χ0) is 14.8. The molecule has 0 fully saturated rings. The summed E-state index contributed by atoms with van der Waals surface area (Å²) in [6, 6.07) is 11.3. The van der Waals surface area contributed by atoms with Gasteiger partial charge in [0.15, 0.2) is 5.84 Å². The summed E-state index contributed by atoms with van der Waals surface area (Å²) in [6.45, 7) is 0. The number of aryl methyl sites for hydroxylation is 1. The second-order valence-electron chi connectivity index (χ2n) is 4.44. The number of aromatic nitrogens is 3. The standard InChI is InChI=1S/C14H13N5O2/c1-19-8-16-14(17-19)21-12-7-6-11(13(15)18-20)9-4-2-3-5-10(9)12/h2-8,20H,1H3,(H2,15,18). The molecule has 1 heterocycles. The molecule has 0 aliphatic rings. The number of amidine groups is 1. The number of nitrogens with zero attached hydrogens (tertiary/aromatic N) is 4. The van der Waals surface area contributed by atoms with E-state index in [2.05, 4.69) is 15.2 Å². The van der Waals surface area contributed by atoms with Crippen LogP contribution in [0.1, 0.15) is 5.56 Å². The average molecular weight is 283 g/mol. The highest BCUT2D eigenvalue weighted by Crippen LogP contribution is 2.30. The van der Waals surface area contributed by atoms with Gasteiger partial charge >= 0.3 is 6.01 Å². The molecular weight excluding hydrogens is 270 g/mol. The number of oxime groups is 1. The highest BCUT2D eigenvalue weighted by atomic mass is 16.5. The van der Waals surface area contributed by atoms with Crippen LogP contribution in [0.4, 0.5) is 0 Å². The molecule has 3 N–H and O–H groups in total. The van der Waals surface area contributed by atoms with E-state index in [1.54, 1.807) is 30.2 Å². The van der Waals surface area contributed by atoms with E-state index >= 15 is 0 Å². The third kappa shape index (κ3) is 2.36. The maximum atomic E-state index is 8.86. The fourth-order valence-electron chi connectivity index (χ4n) is 2.10. The average Bonchev–Trinajstić information content (AvgIpc) is 2.92. The van der Waals surface area contributed by atoms with Gasteiger partial charge in [0, 0.05) is 18.0 Å². The third-order valence-corrected chi connectivity index (χ3v) is 3.05. The topological polar surface area (TPSA) is 98.6 Å². The fourth-order valence-corrected chi connectivity index (χ4v) is 2.10. The Kier molecular flexibility index (Phi) is 3.15. The van der Waals surface area contributed by atoms with Crippen molar-refractivity contribution >= 4 is 16.6 Å². The molecule has 0 saturated carbocycles. The second kappa shape index (κ2) is 5.12. The van der Waals surface area contributed by atoms with E-state index in [-0.39, 0.29) is 11.8 Å². The Bertz CT molecular complexity index is 825. The smallest absolute Gasteiger partial charge is 0.340 e. The van der Waals surface area contributed by atoms with Gasteiger partial charge in [-0.15, -0.1) is 5.10 Å². The number of ether oxygens (including phenoxy) is 1. The molecule has 0 atom stereocenters. The summed E-state index contributed by atoms with van der Waals surface area (Å²) in [4.78, 5) is 4.03. The van der Waals surface area contributed by atoms with Crippen molar-refractivity contribution in [1.29, 1.82) is 0 Å². The summed E-state index contributed by atoms with van der Waals surface area (Å²) in [6.07, 6.45) is 1.56. The minimum absolute atomic E-state index is 0.0497. The molecule has 0 aliphatic carbocycles. The first-order valence-electron chi connectivity index (χ1n) is 6.22. The summed E-state index contributed by atoms with van der Waals surface area (Å²) >= 11 is 0. The Morgan fingerprint density at radius 1 is 1.24 bits per heavy atom. The van der Waals surface area contributed by atoms with Gasteiger partial charge in [-0.25, -0.2) is 0 Å². The molecule has 106 valence electrons. The van der Waals surface area contributed by atoms with Crippen LogP contribution in [-0.4, -0.2) is 25.8 Å². The maximum Gasteiger partial charge on any atom is 0.340 e. The van der Waals surface area contributed by atoms with Crippen molar-refractivity contribution in [3.05, 3.63) is 48.3 Å². The summed E-state index contributed by atoms with van der Waals surface area (Å²) in [5, 5.41) is 17.6. The zero-order valence-electron chi connectivity index (χ0n) is 11.3. The van der Waals surface area contributed by atoms with Gasteiger partial charge in [-0.3, -0.25) is 4.68 Å². The second-order valence-corrected chi connectivity index (χ2v) is 4.44. The van der Waals surface area contributed by atoms with Crippen LogP contribution in [-0.2, 0) is 7.05 Å². The lowest BCUT2D eigenvalue weighted by atomic mass is 10.0. The lowest BCUT2D eigenvalue weighted by molar-refractivity contribution is 0.318. The van der Waals surface area contributed by atoms with E-state index in [0.717, 1.165) is 10.8 Å². The van der Waals surface area contributed by atoms with Gasteiger partial charge in [0.05, 0.1) is 0 Å². The van der Waals surface area contributed by atoms with Gasteiger partial charge < -0.3 is 15.7 Å². The normalized spacial score (nSPS) is 11.8. The number of hydrogen-bond donors (Lipinski definition) is 2. The monoisotopic (exact) mass is 283 g/mol. The van der Waals surface area contributed by atoms with E-state index in [1.807, 2.05) is 24.3 Å². The van der Waals surface area contributed by atoms with E-state index in [0.29, 0.717) is 11.3 Å². The summed E-state index contributed by atoms with van der Waals surface area (Å²) in [7, 11) is 1.76. The van der Waals surface area contributed by atoms with E-state index in [9.17, 15) is 0 Å². The first kappa shape index (κ1) is 12.9. The number of fused-ring (bicyclic) bond motifs is 1. The van der Waals surface area contributed by atoms with E-state index < -0.39 is 0 Å². The molecule has 0 unspecified atom stereocenters. The van der Waals surface area contributed by atoms with E-state index in [1.165, 1.54) is 0 Å². The summed E-state index contributed by atoms with van der Waals surface area (Å²) in [5.74, 6) is 0.653. The molecule has 0 saturated heterocycles. The lowest BCUT2D eigenvalue weighted by Crippen LogP contribution is -2.13. The Labute approximate surface area is 120 Å². The zero-order valence-corrected chi connectivity index (χ0v) is 11.3. The van der Waals surface area contributed by atoms with Crippen LogP contribution in [0.5, 0.6) is 11.8 Å². The molecule has 2 aromatic carbocycles. The molecule has 0 amide bonds. The minimum Gasteiger partial charge on any atom is -0.423 e. The van der Waals surface area contributed by atoms with Crippen molar-refractivity contribution in [3.8, 4) is 11.8 Å². The minimum atomic E-state index is 0.0497. The Morgan fingerprint density at radius 2 is 2.00 bits per heavy atom. The predicted octanol–water partition coefficient (Wildman–Crippen LogP) is 1.86. The van der Waals surface area contributed by atoms with Gasteiger partial charge in [0.1, 0.15) is 12.1 Å². The van der Waals surface area contributed by atoms with E-state index in [4.69, 9.17) is 15.7 Å². The Morgan fingerprint density at radius 3 is 2.67 bits per heavy atom. The molecule has 21 heavy (non-hydrogen) atoms. The largest absolute Gasteiger partial charge is 0.423 e. The van der Waals surface area contributed by atoms with Gasteiger partial charge in [0.2, 0.25) is 0 Å². The highest BCUT2D eigenvalue weighted by molar-refractivity contribution is 6.10. The third-order valence-electron chi connectivity index (χ3n) is 3.05. The molecule has 3 rings (SSSR count). The van der Waals surface area contributed by atoms with Gasteiger partial charge in [-0.2, -0.15) is 4.98 Å². The Hall–Kier alpha value is -3.09. The molecule has 0 radical (unpaired) electrons. The molecule has 0 bridgehead atoms. The molecule has 7 nitrogen and oxygen atoms in total. The van der Waals surface area contributed by atoms with Crippen molar-refractivity contribution < 1.29 is 9.94 Å². The van der Waals surface area contributed by atoms with Gasteiger partial charge in [0.25, 0.3) is 0 Å². The fraction of sp³-hybridized carbons (Fsp3) is 0.0714. The van der Waals surface area contributed by atoms with Crippen molar-refractivity contribution in [2.24, 2.45) is 17.9 Å². The molecular formula is C14H13N5O2. The van der Waals surface area contributed by atoms with Crippen LogP contribution in [0.25, 0.3) is 10.8 Å². The van der Waals surface area contributed by atoms with Crippen LogP contribution in [0, 0.1) is 0 Å². The molecule has 0 aliphatic heterocycles. The van der Waals surface area contributed by atoms with Gasteiger partial charge in [-0.1, -0.05) is 29.4 Å². The molecule has 7 heteroatoms. The summed E-state index contributed by atoms with van der Waals surface area (Å²) in [5.41, 5.74) is 6.33. The lowest BCUT2D eigenvalue weighted by Gasteiger charge is -2.09. The predicted molar refractivity (Wildman–Crippen MR) is 77.5 cm³/mol. The van der Waals surface area contributed by atoms with Crippen LogP contribution in [0.15, 0.2) is 47.9 Å². The van der Waals surface area contributed by atoms with Crippen molar-refractivity contribution in [3.63, 3.8) is 0 Å². The van der Waals surface area contributed by atoms with Crippen molar-refractivity contribution in [2.45, 2.75) is 0 Å². The number of hydrogen-bond acceptors (Lipinski definition) is 5. The van der Waals surface area contributed by atoms with Crippen LogP contribution in [0.2, 0.25) is 0 Å².